The highest BCUT2D eigenvalue weighted by Gasteiger charge is 2.48. The molecule has 0 spiro atoms. The van der Waals surface area contributed by atoms with Crippen molar-refractivity contribution >= 4 is 5.91 Å². The zero-order valence-corrected chi connectivity index (χ0v) is 15.4. The van der Waals surface area contributed by atoms with Crippen molar-refractivity contribution in [3.8, 4) is 0 Å². The van der Waals surface area contributed by atoms with Crippen LogP contribution in [0.4, 0.5) is 4.39 Å². The summed E-state index contributed by atoms with van der Waals surface area (Å²) in [6, 6.07) is 5.27. The monoisotopic (exact) mass is 382 g/mol. The van der Waals surface area contributed by atoms with Crippen LogP contribution < -0.4 is 5.32 Å². The Morgan fingerprint density at radius 2 is 2.26 bits per heavy atom. The van der Waals surface area contributed by atoms with Gasteiger partial charge >= 0.3 is 0 Å². The average Bonchev–Trinajstić information content (AvgIpc) is 3.23. The van der Waals surface area contributed by atoms with Crippen molar-refractivity contribution in [3.63, 3.8) is 0 Å². The first kappa shape index (κ1) is 20.2. The predicted octanol–water partition coefficient (Wildman–Crippen LogP) is 0.156. The number of carbonyl (C=O) groups is 1. The number of likely N-dealkylation sites (tertiary alicyclic amines) is 1. The Bertz CT molecular complexity index is 646. The number of ether oxygens (including phenoxy) is 2. The lowest BCUT2D eigenvalue weighted by molar-refractivity contribution is -0.0209. The first-order chi connectivity index (χ1) is 13.0. The molecule has 0 aromatic heterocycles. The first-order valence-electron chi connectivity index (χ1n) is 9.28. The minimum absolute atomic E-state index is 0.157. The molecule has 3 N–H and O–H groups in total. The number of aliphatic hydroxyl groups is 2. The fraction of sp³-hybridized carbons (Fsp3) is 0.632. The van der Waals surface area contributed by atoms with Gasteiger partial charge in [-0.3, -0.25) is 9.69 Å². The van der Waals surface area contributed by atoms with Crippen LogP contribution in [-0.4, -0.2) is 84.8 Å². The Morgan fingerprint density at radius 3 is 2.96 bits per heavy atom. The maximum Gasteiger partial charge on any atom is 0.251 e. The zero-order chi connectivity index (χ0) is 19.4. The lowest BCUT2D eigenvalue weighted by Gasteiger charge is -2.34. The number of halogens is 1. The number of nitrogens with zero attached hydrogens (tertiary/aromatic N) is 1. The van der Waals surface area contributed by atoms with E-state index >= 15 is 0 Å². The van der Waals surface area contributed by atoms with Gasteiger partial charge in [0, 0.05) is 25.3 Å². The summed E-state index contributed by atoms with van der Waals surface area (Å²) in [7, 11) is 1.64. The van der Waals surface area contributed by atoms with Crippen molar-refractivity contribution in [1.29, 1.82) is 0 Å². The van der Waals surface area contributed by atoms with Gasteiger partial charge in [-0.05, 0) is 37.6 Å². The summed E-state index contributed by atoms with van der Waals surface area (Å²) in [5, 5.41) is 22.9. The Balaban J connectivity index is 1.69. The quantitative estimate of drug-likeness (QED) is 0.622. The van der Waals surface area contributed by atoms with Crippen molar-refractivity contribution < 1.29 is 28.9 Å². The predicted molar refractivity (Wildman–Crippen MR) is 95.9 cm³/mol. The lowest BCUT2D eigenvalue weighted by Crippen LogP contribution is -2.53. The second-order valence-electron chi connectivity index (χ2n) is 7.09. The normalized spacial score (nSPS) is 31.3. The van der Waals surface area contributed by atoms with E-state index in [1.54, 1.807) is 7.11 Å². The number of carbonyl (C=O) groups excluding carboxylic acids is 1. The van der Waals surface area contributed by atoms with Gasteiger partial charge in [-0.25, -0.2) is 4.39 Å². The Morgan fingerprint density at radius 1 is 1.44 bits per heavy atom. The van der Waals surface area contributed by atoms with E-state index in [0.717, 1.165) is 19.4 Å². The summed E-state index contributed by atoms with van der Waals surface area (Å²) in [5.41, 5.74) is 0.224. The van der Waals surface area contributed by atoms with Crippen molar-refractivity contribution in [2.24, 2.45) is 0 Å². The fourth-order valence-electron chi connectivity index (χ4n) is 4.10. The summed E-state index contributed by atoms with van der Waals surface area (Å²) in [5.74, 6) is -0.887. The Hall–Kier alpha value is -1.58. The molecule has 8 heteroatoms. The molecule has 2 heterocycles. The van der Waals surface area contributed by atoms with Crippen molar-refractivity contribution in [2.45, 2.75) is 43.2 Å². The largest absolute Gasteiger partial charge is 0.394 e. The van der Waals surface area contributed by atoms with Crippen LogP contribution in [0.15, 0.2) is 24.3 Å². The standard InChI is InChI=1S/C19H27FN2O5/c1-26-11-14-6-3-7-22(14)17-15(27-16(10-23)18(17)24)9-21-19(25)12-4-2-5-13(20)8-12/h2,4-5,8,14-18,23-24H,3,6-7,9-11H2,1H3,(H,21,25)/t14-,15-,16+,17+,18-/m1/s1. The fourth-order valence-corrected chi connectivity index (χ4v) is 4.10. The molecule has 1 amide bonds. The molecule has 2 saturated heterocycles. The minimum Gasteiger partial charge on any atom is -0.394 e. The topological polar surface area (TPSA) is 91.3 Å². The number of aliphatic hydroxyl groups excluding tert-OH is 2. The summed E-state index contributed by atoms with van der Waals surface area (Å²) >= 11 is 0. The number of rotatable bonds is 7. The van der Waals surface area contributed by atoms with Crippen LogP contribution in [0.2, 0.25) is 0 Å². The molecule has 1 aromatic carbocycles. The zero-order valence-electron chi connectivity index (χ0n) is 15.4. The molecule has 0 radical (unpaired) electrons. The molecule has 0 bridgehead atoms. The van der Waals surface area contributed by atoms with E-state index in [0.29, 0.717) is 6.61 Å². The van der Waals surface area contributed by atoms with Gasteiger partial charge < -0.3 is 25.0 Å². The van der Waals surface area contributed by atoms with Gasteiger partial charge in [0.2, 0.25) is 0 Å². The number of amides is 1. The van der Waals surface area contributed by atoms with Crippen LogP contribution in [0.5, 0.6) is 0 Å². The number of hydrogen-bond donors (Lipinski definition) is 3. The highest BCUT2D eigenvalue weighted by Crippen LogP contribution is 2.31. The Labute approximate surface area is 158 Å². The van der Waals surface area contributed by atoms with Crippen LogP contribution in [0, 0.1) is 5.82 Å². The number of methoxy groups -OCH3 is 1. The van der Waals surface area contributed by atoms with Crippen LogP contribution in [-0.2, 0) is 9.47 Å². The number of nitrogens with one attached hydrogen (secondary N) is 1. The summed E-state index contributed by atoms with van der Waals surface area (Å²) in [6.45, 7) is 1.21. The van der Waals surface area contributed by atoms with Gasteiger partial charge in [-0.2, -0.15) is 0 Å². The molecule has 1 aromatic rings. The van der Waals surface area contributed by atoms with Crippen LogP contribution >= 0.6 is 0 Å². The van der Waals surface area contributed by atoms with E-state index in [1.807, 2.05) is 0 Å². The van der Waals surface area contributed by atoms with E-state index < -0.39 is 30.0 Å². The molecule has 7 nitrogen and oxygen atoms in total. The van der Waals surface area contributed by atoms with Crippen LogP contribution in [0.1, 0.15) is 23.2 Å². The van der Waals surface area contributed by atoms with Crippen LogP contribution in [0.3, 0.4) is 0 Å². The average molecular weight is 382 g/mol. The van der Waals surface area contributed by atoms with Crippen LogP contribution in [0.25, 0.3) is 0 Å². The SMILES string of the molecule is COC[C@H]1CCCN1[C@@H]1[C@H](O)[C@H](CO)O[C@@H]1CNC(=O)c1cccc(F)c1. The molecule has 3 rings (SSSR count). The van der Waals surface area contributed by atoms with Gasteiger partial charge in [-0.1, -0.05) is 6.07 Å². The molecule has 27 heavy (non-hydrogen) atoms. The van der Waals surface area contributed by atoms with Gasteiger partial charge in [0.1, 0.15) is 18.0 Å². The van der Waals surface area contributed by atoms with Gasteiger partial charge in [0.25, 0.3) is 5.91 Å². The van der Waals surface area contributed by atoms with E-state index in [9.17, 15) is 19.4 Å². The minimum atomic E-state index is -0.858. The van der Waals surface area contributed by atoms with E-state index in [-0.39, 0.29) is 30.8 Å². The van der Waals surface area contributed by atoms with Crippen molar-refractivity contribution in [1.82, 2.24) is 10.2 Å². The molecular formula is C19H27FN2O5. The second-order valence-corrected chi connectivity index (χ2v) is 7.09. The van der Waals surface area contributed by atoms with Gasteiger partial charge in [0.15, 0.2) is 0 Å². The molecule has 0 unspecified atom stereocenters. The third kappa shape index (κ3) is 4.47. The molecule has 5 atom stereocenters. The molecule has 2 aliphatic rings. The number of hydrogen-bond acceptors (Lipinski definition) is 6. The van der Waals surface area contributed by atoms with Gasteiger partial charge in [0.05, 0.1) is 25.4 Å². The maximum absolute atomic E-state index is 13.3. The third-order valence-corrected chi connectivity index (χ3v) is 5.36. The molecular weight excluding hydrogens is 355 g/mol. The molecule has 0 aliphatic carbocycles. The van der Waals surface area contributed by atoms with E-state index in [1.165, 1.54) is 24.3 Å². The summed E-state index contributed by atoms with van der Waals surface area (Å²) in [6.07, 6.45) is -0.0855. The number of benzene rings is 1. The molecule has 150 valence electrons. The molecule has 0 saturated carbocycles. The summed E-state index contributed by atoms with van der Waals surface area (Å²) < 4.78 is 24.4. The third-order valence-electron chi connectivity index (χ3n) is 5.36. The van der Waals surface area contributed by atoms with E-state index in [2.05, 4.69) is 10.2 Å². The molecule has 2 aliphatic heterocycles. The van der Waals surface area contributed by atoms with Crippen molar-refractivity contribution in [3.05, 3.63) is 35.6 Å². The highest BCUT2D eigenvalue weighted by molar-refractivity contribution is 5.94. The lowest BCUT2D eigenvalue weighted by atomic mass is 10.0. The van der Waals surface area contributed by atoms with E-state index in [4.69, 9.17) is 9.47 Å². The highest BCUT2D eigenvalue weighted by atomic mass is 19.1. The molecule has 2 fully saturated rings. The second kappa shape index (κ2) is 9.07. The van der Waals surface area contributed by atoms with Crippen molar-refractivity contribution in [2.75, 3.05) is 33.4 Å². The maximum atomic E-state index is 13.3. The summed E-state index contributed by atoms with van der Waals surface area (Å²) in [4.78, 5) is 14.5. The smallest absolute Gasteiger partial charge is 0.251 e. The van der Waals surface area contributed by atoms with Gasteiger partial charge in [-0.15, -0.1) is 0 Å². The first-order valence-corrected chi connectivity index (χ1v) is 9.28. The Kier molecular flexibility index (Phi) is 6.78.